The zero-order chi connectivity index (χ0) is 17.5. The Morgan fingerprint density at radius 3 is 2.33 bits per heavy atom. The highest BCUT2D eigenvalue weighted by Crippen LogP contribution is 2.34. The number of halogens is 3. The van der Waals surface area contributed by atoms with Crippen molar-refractivity contribution >= 4 is 33.0 Å². The molecular weight excluding hydrogens is 380 g/mol. The van der Waals surface area contributed by atoms with E-state index in [0.717, 1.165) is 0 Å². The van der Waals surface area contributed by atoms with Crippen molar-refractivity contribution in [2.45, 2.75) is 11.3 Å². The van der Waals surface area contributed by atoms with Crippen LogP contribution in [0.2, 0.25) is 4.34 Å². The minimum absolute atomic E-state index is 0.0757. The van der Waals surface area contributed by atoms with E-state index in [2.05, 4.69) is 5.10 Å². The highest BCUT2D eigenvalue weighted by molar-refractivity contribution is 7.89. The maximum Gasteiger partial charge on any atom is 0.282 e. The Morgan fingerprint density at radius 1 is 1.17 bits per heavy atom. The average Bonchev–Trinajstić information content (AvgIpc) is 3.12. The molecule has 0 bridgehead atoms. The number of hydrogen-bond acceptors (Lipinski definition) is 4. The van der Waals surface area contributed by atoms with E-state index in [1.807, 2.05) is 0 Å². The van der Waals surface area contributed by atoms with Gasteiger partial charge in [-0.2, -0.15) is 5.10 Å². The molecule has 0 atom stereocenters. The molecular formula is C14H10ClF2N3O2S2. The second-order valence-corrected chi connectivity index (χ2v) is 8.09. The van der Waals surface area contributed by atoms with E-state index in [1.165, 1.54) is 46.4 Å². The Bertz CT molecular complexity index is 982. The van der Waals surface area contributed by atoms with Crippen molar-refractivity contribution in [3.05, 3.63) is 52.5 Å². The van der Waals surface area contributed by atoms with Gasteiger partial charge in [0.25, 0.3) is 6.43 Å². The molecule has 3 rings (SSSR count). The van der Waals surface area contributed by atoms with Crippen molar-refractivity contribution in [2.75, 3.05) is 0 Å². The lowest BCUT2D eigenvalue weighted by atomic mass is 10.3. The van der Waals surface area contributed by atoms with Gasteiger partial charge in [0, 0.05) is 0 Å². The summed E-state index contributed by atoms with van der Waals surface area (Å²) in [7, 11) is -3.83. The van der Waals surface area contributed by atoms with Crippen LogP contribution in [0.25, 0.3) is 16.3 Å². The van der Waals surface area contributed by atoms with Gasteiger partial charge in [-0.25, -0.2) is 27.0 Å². The molecule has 0 aliphatic rings. The molecule has 10 heteroatoms. The number of nitrogens with two attached hydrogens (primary N) is 1. The molecule has 1 aromatic carbocycles. The van der Waals surface area contributed by atoms with Crippen molar-refractivity contribution < 1.29 is 17.2 Å². The number of aromatic nitrogens is 2. The minimum atomic E-state index is -3.83. The van der Waals surface area contributed by atoms with Crippen LogP contribution < -0.4 is 5.14 Å². The average molecular weight is 390 g/mol. The number of benzene rings is 1. The van der Waals surface area contributed by atoms with Gasteiger partial charge in [-0.05, 0) is 42.5 Å². The summed E-state index contributed by atoms with van der Waals surface area (Å²) in [4.78, 5) is 0.586. The maximum absolute atomic E-state index is 13.0. The number of alkyl halides is 2. The molecule has 3 aromatic rings. The van der Waals surface area contributed by atoms with E-state index in [1.54, 1.807) is 12.1 Å². The number of sulfonamides is 1. The molecule has 0 spiro atoms. The number of hydrogen-bond donors (Lipinski definition) is 1. The summed E-state index contributed by atoms with van der Waals surface area (Å²) in [5.41, 5.74) is 0.476. The van der Waals surface area contributed by atoms with Crippen LogP contribution >= 0.6 is 22.9 Å². The highest BCUT2D eigenvalue weighted by Gasteiger charge is 2.19. The van der Waals surface area contributed by atoms with E-state index < -0.39 is 16.4 Å². The van der Waals surface area contributed by atoms with Crippen LogP contribution in [-0.4, -0.2) is 18.2 Å². The zero-order valence-corrected chi connectivity index (χ0v) is 14.2. The summed E-state index contributed by atoms with van der Waals surface area (Å²) in [5, 5.41) is 8.96. The van der Waals surface area contributed by atoms with Gasteiger partial charge in [-0.1, -0.05) is 11.6 Å². The summed E-state index contributed by atoms with van der Waals surface area (Å²) >= 11 is 7.14. The summed E-state index contributed by atoms with van der Waals surface area (Å²) in [6, 6.07) is 10.1. The maximum atomic E-state index is 13.0. The first-order valence-electron chi connectivity index (χ1n) is 6.53. The Morgan fingerprint density at radius 2 is 1.83 bits per heavy atom. The predicted octanol–water partition coefficient (Wildman–Crippen LogP) is 3.84. The number of primary sulfonamides is 1. The fourth-order valence-electron chi connectivity index (χ4n) is 2.11. The quantitative estimate of drug-likeness (QED) is 0.736. The lowest BCUT2D eigenvalue weighted by Gasteiger charge is -2.07. The standard InChI is InChI=1S/C14H10ClF2N3O2S2/c15-13-6-5-12(23-13)11-7-10(14(16)17)19-20(11)8-1-3-9(4-2-8)24(18,21)22/h1-7,14H,(H2,18,21,22). The highest BCUT2D eigenvalue weighted by atomic mass is 35.5. The zero-order valence-electron chi connectivity index (χ0n) is 11.9. The van der Waals surface area contributed by atoms with Gasteiger partial charge in [0.2, 0.25) is 10.0 Å². The molecule has 0 unspecified atom stereocenters. The summed E-state index contributed by atoms with van der Waals surface area (Å²) in [6.45, 7) is 0. The molecule has 0 saturated heterocycles. The molecule has 2 heterocycles. The Kier molecular flexibility index (Phi) is 4.43. The van der Waals surface area contributed by atoms with Crippen molar-refractivity contribution in [3.63, 3.8) is 0 Å². The van der Waals surface area contributed by atoms with Crippen LogP contribution in [-0.2, 0) is 10.0 Å². The van der Waals surface area contributed by atoms with Crippen LogP contribution in [0.1, 0.15) is 12.1 Å². The smallest absolute Gasteiger partial charge is 0.232 e. The lowest BCUT2D eigenvalue weighted by molar-refractivity contribution is 0.145. The van der Waals surface area contributed by atoms with Gasteiger partial charge in [-0.15, -0.1) is 11.3 Å². The number of thiophene rings is 1. The molecule has 2 aromatic heterocycles. The van der Waals surface area contributed by atoms with Gasteiger partial charge in [0.15, 0.2) is 0 Å². The third-order valence-corrected chi connectivity index (χ3v) is 5.37. The van der Waals surface area contributed by atoms with Crippen LogP contribution in [0.15, 0.2) is 47.4 Å². The molecule has 0 amide bonds. The van der Waals surface area contributed by atoms with Gasteiger partial charge in [-0.3, -0.25) is 0 Å². The van der Waals surface area contributed by atoms with Crippen LogP contribution in [0.5, 0.6) is 0 Å². The molecule has 126 valence electrons. The molecule has 2 N–H and O–H groups in total. The Hall–Kier alpha value is -1.81. The summed E-state index contributed by atoms with van der Waals surface area (Å²) in [6.07, 6.45) is -2.73. The first-order chi connectivity index (χ1) is 11.3. The van der Waals surface area contributed by atoms with Crippen molar-refractivity contribution in [2.24, 2.45) is 5.14 Å². The third-order valence-electron chi connectivity index (χ3n) is 3.19. The number of rotatable bonds is 4. The molecule has 0 fully saturated rings. The largest absolute Gasteiger partial charge is 0.282 e. The van der Waals surface area contributed by atoms with E-state index in [9.17, 15) is 17.2 Å². The molecule has 0 saturated carbocycles. The molecule has 5 nitrogen and oxygen atoms in total. The van der Waals surface area contributed by atoms with Crippen molar-refractivity contribution in [3.8, 4) is 16.3 Å². The van der Waals surface area contributed by atoms with Gasteiger partial charge in [0.05, 0.1) is 25.5 Å². The summed E-state index contributed by atoms with van der Waals surface area (Å²) < 4.78 is 50.5. The number of nitrogens with zero attached hydrogens (tertiary/aromatic N) is 2. The van der Waals surface area contributed by atoms with E-state index >= 15 is 0 Å². The predicted molar refractivity (Wildman–Crippen MR) is 88.2 cm³/mol. The van der Waals surface area contributed by atoms with Gasteiger partial charge >= 0.3 is 0 Å². The second-order valence-electron chi connectivity index (χ2n) is 4.81. The van der Waals surface area contributed by atoms with Gasteiger partial charge < -0.3 is 0 Å². The molecule has 0 aliphatic carbocycles. The SMILES string of the molecule is NS(=O)(=O)c1ccc(-n2nc(C(F)F)cc2-c2ccc(Cl)s2)cc1. The van der Waals surface area contributed by atoms with E-state index in [0.29, 0.717) is 20.6 Å². The second kappa shape index (κ2) is 6.25. The Balaban J connectivity index is 2.13. The fraction of sp³-hybridized carbons (Fsp3) is 0.0714. The topological polar surface area (TPSA) is 78.0 Å². The van der Waals surface area contributed by atoms with Crippen LogP contribution in [0.3, 0.4) is 0 Å². The lowest BCUT2D eigenvalue weighted by Crippen LogP contribution is -2.12. The first-order valence-corrected chi connectivity index (χ1v) is 9.27. The molecule has 0 radical (unpaired) electrons. The van der Waals surface area contributed by atoms with Crippen molar-refractivity contribution in [1.82, 2.24) is 9.78 Å². The van der Waals surface area contributed by atoms with Crippen LogP contribution in [0.4, 0.5) is 8.78 Å². The third kappa shape index (κ3) is 3.34. The van der Waals surface area contributed by atoms with Crippen molar-refractivity contribution in [1.29, 1.82) is 0 Å². The Labute approximate surface area is 145 Å². The minimum Gasteiger partial charge on any atom is -0.232 e. The van der Waals surface area contributed by atoms with Crippen LogP contribution in [0, 0.1) is 0 Å². The summed E-state index contributed by atoms with van der Waals surface area (Å²) in [5.74, 6) is 0. The fourth-order valence-corrected chi connectivity index (χ4v) is 3.67. The van der Waals surface area contributed by atoms with E-state index in [4.69, 9.17) is 16.7 Å². The molecule has 0 aliphatic heterocycles. The normalized spacial score (nSPS) is 12.0. The monoisotopic (exact) mass is 389 g/mol. The molecule has 24 heavy (non-hydrogen) atoms. The van der Waals surface area contributed by atoms with Gasteiger partial charge in [0.1, 0.15) is 5.69 Å². The first kappa shape index (κ1) is 17.0. The van der Waals surface area contributed by atoms with E-state index in [-0.39, 0.29) is 10.6 Å².